The molecule has 1 fully saturated rings. The predicted molar refractivity (Wildman–Crippen MR) is 111 cm³/mol. The quantitative estimate of drug-likeness (QED) is 0.539. The van der Waals surface area contributed by atoms with Crippen molar-refractivity contribution in [1.29, 1.82) is 0 Å². The van der Waals surface area contributed by atoms with Crippen molar-refractivity contribution >= 4 is 56.7 Å². The number of hydrazine groups is 1. The summed E-state index contributed by atoms with van der Waals surface area (Å²) < 4.78 is 5.94. The Bertz CT molecular complexity index is 1040. The van der Waals surface area contributed by atoms with Gasteiger partial charge in [-0.1, -0.05) is 27.5 Å². The maximum Gasteiger partial charge on any atom is 0.356 e. The average molecular weight is 477 g/mol. The van der Waals surface area contributed by atoms with Gasteiger partial charge in [0.25, 0.3) is 11.8 Å². The number of anilines is 2. The zero-order valence-corrected chi connectivity index (χ0v) is 17.5. The number of amides is 2. The van der Waals surface area contributed by atoms with Crippen LogP contribution in [0.25, 0.3) is 0 Å². The highest BCUT2D eigenvalue weighted by atomic mass is 79.9. The largest absolute Gasteiger partial charge is 0.461 e. The molecule has 9 heteroatoms. The lowest BCUT2D eigenvalue weighted by molar-refractivity contribution is -0.139. The predicted octanol–water partition coefficient (Wildman–Crippen LogP) is 3.19. The van der Waals surface area contributed by atoms with Crippen molar-refractivity contribution in [2.24, 2.45) is 0 Å². The van der Waals surface area contributed by atoms with Gasteiger partial charge < -0.3 is 4.74 Å². The summed E-state index contributed by atoms with van der Waals surface area (Å²) >= 11 is 9.29. The number of hydrogen-bond acceptors (Lipinski definition) is 6. The Morgan fingerprint density at radius 3 is 2.34 bits per heavy atom. The van der Waals surface area contributed by atoms with Crippen LogP contribution in [-0.4, -0.2) is 30.4 Å². The summed E-state index contributed by atoms with van der Waals surface area (Å²) in [6.45, 7) is 1.81. The third kappa shape index (κ3) is 3.28. The van der Waals surface area contributed by atoms with Crippen LogP contribution in [0.2, 0.25) is 5.02 Å². The van der Waals surface area contributed by atoms with Crippen molar-refractivity contribution in [3.63, 3.8) is 0 Å². The van der Waals surface area contributed by atoms with Gasteiger partial charge in [0.15, 0.2) is 11.7 Å². The molecule has 1 unspecified atom stereocenters. The minimum absolute atomic E-state index is 0.0328. The van der Waals surface area contributed by atoms with E-state index in [0.29, 0.717) is 16.4 Å². The molecule has 148 valence electrons. The van der Waals surface area contributed by atoms with Crippen LogP contribution < -0.4 is 15.3 Å². The van der Waals surface area contributed by atoms with Crippen LogP contribution in [0.3, 0.4) is 0 Å². The summed E-state index contributed by atoms with van der Waals surface area (Å²) in [6, 6.07) is 12.5. The maximum absolute atomic E-state index is 13.3. The summed E-state index contributed by atoms with van der Waals surface area (Å²) in [6.07, 6.45) is 0. The Morgan fingerprint density at radius 2 is 1.72 bits per heavy atom. The Balaban J connectivity index is 1.80. The molecule has 1 N–H and O–H groups in total. The molecular weight excluding hydrogens is 462 g/mol. The normalized spacial score (nSPS) is 18.2. The number of nitrogens with zero attached hydrogens (tertiary/aromatic N) is 2. The fraction of sp³-hybridized carbons (Fsp3) is 0.150. The summed E-state index contributed by atoms with van der Waals surface area (Å²) in [5.74, 6) is -1.73. The van der Waals surface area contributed by atoms with Crippen LogP contribution >= 0.6 is 27.5 Å². The zero-order valence-electron chi connectivity index (χ0n) is 15.2. The first-order chi connectivity index (χ1) is 13.9. The summed E-state index contributed by atoms with van der Waals surface area (Å²) in [4.78, 5) is 40.0. The lowest BCUT2D eigenvalue weighted by Crippen LogP contribution is -2.46. The van der Waals surface area contributed by atoms with Gasteiger partial charge in [-0.05, 0) is 55.5 Å². The molecule has 1 saturated heterocycles. The van der Waals surface area contributed by atoms with Crippen molar-refractivity contribution in [3.8, 4) is 0 Å². The summed E-state index contributed by atoms with van der Waals surface area (Å²) in [5.41, 5.74) is 3.92. The number of nitrogens with one attached hydrogen (secondary N) is 1. The first-order valence-electron chi connectivity index (χ1n) is 8.79. The standard InChI is InChI=1S/C20H15BrClN3O4/c1-2-29-20(28)16-15-17(25(23-16)14-7-3-11(21)4-8-14)19(27)24(18(15)26)13-9-5-12(22)6-10-13/h3-10,17,23H,2H2,1H3. The Morgan fingerprint density at radius 1 is 1.10 bits per heavy atom. The van der Waals surface area contributed by atoms with E-state index in [1.165, 1.54) is 5.01 Å². The van der Waals surface area contributed by atoms with E-state index in [2.05, 4.69) is 21.4 Å². The molecule has 0 aromatic heterocycles. The molecule has 0 aliphatic carbocycles. The average Bonchev–Trinajstić information content (AvgIpc) is 3.21. The van der Waals surface area contributed by atoms with E-state index in [9.17, 15) is 14.4 Å². The van der Waals surface area contributed by atoms with Crippen LogP contribution in [0.1, 0.15) is 6.92 Å². The fourth-order valence-electron chi connectivity index (χ4n) is 3.32. The molecule has 2 aromatic rings. The number of hydrogen-bond donors (Lipinski definition) is 1. The molecule has 0 radical (unpaired) electrons. The van der Waals surface area contributed by atoms with Gasteiger partial charge in [-0.2, -0.15) is 0 Å². The molecule has 2 aliphatic heterocycles. The van der Waals surface area contributed by atoms with Crippen molar-refractivity contribution in [1.82, 2.24) is 5.43 Å². The highest BCUT2D eigenvalue weighted by Gasteiger charge is 2.54. The first-order valence-corrected chi connectivity index (χ1v) is 9.96. The molecule has 0 spiro atoms. The van der Waals surface area contributed by atoms with Gasteiger partial charge in [0.1, 0.15) is 0 Å². The van der Waals surface area contributed by atoms with Crippen LogP contribution in [-0.2, 0) is 19.1 Å². The maximum atomic E-state index is 13.3. The van der Waals surface area contributed by atoms with Gasteiger partial charge in [0.2, 0.25) is 0 Å². The van der Waals surface area contributed by atoms with Crippen LogP contribution in [0.5, 0.6) is 0 Å². The monoisotopic (exact) mass is 475 g/mol. The van der Waals surface area contributed by atoms with Gasteiger partial charge in [0.05, 0.1) is 23.6 Å². The topological polar surface area (TPSA) is 79.0 Å². The lowest BCUT2D eigenvalue weighted by Gasteiger charge is -2.26. The van der Waals surface area contributed by atoms with Gasteiger partial charge in [-0.15, -0.1) is 0 Å². The minimum Gasteiger partial charge on any atom is -0.461 e. The summed E-state index contributed by atoms with van der Waals surface area (Å²) in [7, 11) is 0. The van der Waals surface area contributed by atoms with E-state index in [-0.39, 0.29) is 17.9 Å². The van der Waals surface area contributed by atoms with Crippen molar-refractivity contribution in [2.45, 2.75) is 13.0 Å². The number of halogens is 2. The number of imide groups is 1. The molecule has 2 aromatic carbocycles. The van der Waals surface area contributed by atoms with E-state index < -0.39 is 23.8 Å². The number of ether oxygens (including phenoxy) is 1. The van der Waals surface area contributed by atoms with Crippen molar-refractivity contribution in [3.05, 3.63) is 69.3 Å². The molecule has 29 heavy (non-hydrogen) atoms. The summed E-state index contributed by atoms with van der Waals surface area (Å²) in [5, 5.41) is 1.99. The van der Waals surface area contributed by atoms with Crippen LogP contribution in [0.4, 0.5) is 11.4 Å². The highest BCUT2D eigenvalue weighted by molar-refractivity contribution is 9.10. The van der Waals surface area contributed by atoms with Gasteiger partial charge >= 0.3 is 5.97 Å². The Labute approximate surface area is 180 Å². The van der Waals surface area contributed by atoms with Crippen LogP contribution in [0, 0.1) is 0 Å². The zero-order chi connectivity index (χ0) is 20.7. The number of esters is 1. The minimum atomic E-state index is -0.987. The van der Waals surface area contributed by atoms with E-state index in [0.717, 1.165) is 9.37 Å². The van der Waals surface area contributed by atoms with E-state index in [1.807, 2.05) is 0 Å². The van der Waals surface area contributed by atoms with Gasteiger partial charge in [0, 0.05) is 9.50 Å². The second-order valence-corrected chi connectivity index (χ2v) is 7.68. The van der Waals surface area contributed by atoms with E-state index in [4.69, 9.17) is 16.3 Å². The second kappa shape index (κ2) is 7.53. The molecule has 2 heterocycles. The van der Waals surface area contributed by atoms with Gasteiger partial charge in [-0.25, -0.2) is 9.69 Å². The van der Waals surface area contributed by atoms with E-state index >= 15 is 0 Å². The highest BCUT2D eigenvalue weighted by Crippen LogP contribution is 2.37. The van der Waals surface area contributed by atoms with Crippen LogP contribution in [0.15, 0.2) is 64.3 Å². The van der Waals surface area contributed by atoms with Crippen molar-refractivity contribution < 1.29 is 19.1 Å². The first kappa shape index (κ1) is 19.5. The number of carbonyl (C=O) groups is 3. The Kier molecular flexibility index (Phi) is 5.06. The molecule has 0 bridgehead atoms. The fourth-order valence-corrected chi connectivity index (χ4v) is 3.71. The second-order valence-electron chi connectivity index (χ2n) is 6.33. The SMILES string of the molecule is CCOC(=O)C1=C2C(=O)N(c3ccc(Cl)cc3)C(=O)C2N(c2ccc(Br)cc2)N1. The number of fused-ring (bicyclic) bond motifs is 1. The molecule has 2 amide bonds. The number of carbonyl (C=O) groups excluding carboxylic acids is 3. The third-order valence-corrected chi connectivity index (χ3v) is 5.37. The smallest absolute Gasteiger partial charge is 0.356 e. The van der Waals surface area contributed by atoms with E-state index in [1.54, 1.807) is 55.5 Å². The lowest BCUT2D eigenvalue weighted by atomic mass is 10.1. The molecule has 4 rings (SSSR count). The van der Waals surface area contributed by atoms with Crippen molar-refractivity contribution in [2.75, 3.05) is 16.5 Å². The molecule has 0 saturated carbocycles. The van der Waals surface area contributed by atoms with Gasteiger partial charge in [-0.3, -0.25) is 20.0 Å². The Hall–Kier alpha value is -2.84. The number of rotatable bonds is 4. The molecule has 2 aliphatic rings. The third-order valence-electron chi connectivity index (χ3n) is 4.59. The number of benzene rings is 2. The molecule has 1 atom stereocenters. The molecule has 7 nitrogen and oxygen atoms in total. The molecular formula is C20H15BrClN3O4.